The van der Waals surface area contributed by atoms with E-state index in [9.17, 15) is 4.79 Å². The molecule has 0 aromatic heterocycles. The van der Waals surface area contributed by atoms with Crippen molar-refractivity contribution in [3.63, 3.8) is 0 Å². The van der Waals surface area contributed by atoms with Crippen LogP contribution in [-0.4, -0.2) is 37.1 Å². The van der Waals surface area contributed by atoms with Gasteiger partial charge in [0.25, 0.3) is 0 Å². The summed E-state index contributed by atoms with van der Waals surface area (Å²) in [6.45, 7) is 7.59. The van der Waals surface area contributed by atoms with Gasteiger partial charge in [0.1, 0.15) is 6.17 Å². The highest BCUT2D eigenvalue weighted by atomic mass is 16.5. The lowest BCUT2D eigenvalue weighted by molar-refractivity contribution is -0.130. The summed E-state index contributed by atoms with van der Waals surface area (Å²) >= 11 is 0. The van der Waals surface area contributed by atoms with E-state index in [0.29, 0.717) is 19.1 Å². The highest BCUT2D eigenvalue weighted by Crippen LogP contribution is 2.27. The van der Waals surface area contributed by atoms with Crippen molar-refractivity contribution in [1.82, 2.24) is 10.2 Å². The normalized spacial score (nSPS) is 22.3. The Kier molecular flexibility index (Phi) is 5.37. The fourth-order valence-electron chi connectivity index (χ4n) is 2.74. The number of hydrogen-bond donors (Lipinski definition) is 1. The summed E-state index contributed by atoms with van der Waals surface area (Å²) < 4.78 is 5.13. The zero-order chi connectivity index (χ0) is 15.4. The molecule has 0 aliphatic carbocycles. The van der Waals surface area contributed by atoms with Gasteiger partial charge in [-0.3, -0.25) is 10.1 Å². The van der Waals surface area contributed by atoms with Crippen LogP contribution >= 0.6 is 0 Å². The first kappa shape index (κ1) is 16.0. The van der Waals surface area contributed by atoms with Crippen molar-refractivity contribution in [1.29, 1.82) is 0 Å². The molecule has 0 radical (unpaired) electrons. The average Bonchev–Trinajstić information content (AvgIpc) is 2.81. The molecule has 1 aromatic rings. The number of rotatable bonds is 6. The molecule has 4 heteroatoms. The monoisotopic (exact) mass is 290 g/mol. The third-order valence-corrected chi connectivity index (χ3v) is 4.12. The minimum atomic E-state index is -0.0865. The van der Waals surface area contributed by atoms with Gasteiger partial charge >= 0.3 is 0 Å². The van der Waals surface area contributed by atoms with Crippen LogP contribution in [0.3, 0.4) is 0 Å². The first-order chi connectivity index (χ1) is 10.1. The summed E-state index contributed by atoms with van der Waals surface area (Å²) in [5.41, 5.74) is 2.46. The molecule has 0 bridgehead atoms. The van der Waals surface area contributed by atoms with E-state index in [4.69, 9.17) is 4.74 Å². The molecule has 1 amide bonds. The number of amides is 1. The number of nitrogens with one attached hydrogen (secondary N) is 1. The fourth-order valence-corrected chi connectivity index (χ4v) is 2.74. The molecule has 1 aromatic carbocycles. The lowest BCUT2D eigenvalue weighted by Crippen LogP contribution is -2.33. The molecule has 4 nitrogen and oxygen atoms in total. The second-order valence-corrected chi connectivity index (χ2v) is 5.88. The fraction of sp³-hybridized carbons (Fsp3) is 0.588. The Morgan fingerprint density at radius 1 is 1.29 bits per heavy atom. The van der Waals surface area contributed by atoms with Gasteiger partial charge in [0.05, 0.1) is 12.6 Å². The Balaban J connectivity index is 2.20. The Morgan fingerprint density at radius 3 is 2.48 bits per heavy atom. The van der Waals surface area contributed by atoms with E-state index in [1.165, 1.54) is 5.56 Å². The summed E-state index contributed by atoms with van der Waals surface area (Å²) in [6.07, 6.45) is 0.766. The molecule has 1 N–H and O–H groups in total. The summed E-state index contributed by atoms with van der Waals surface area (Å²) in [5.74, 6) is 0.692. The molecule has 1 fully saturated rings. The summed E-state index contributed by atoms with van der Waals surface area (Å²) in [7, 11) is 1.66. The van der Waals surface area contributed by atoms with Crippen molar-refractivity contribution in [3.05, 3.63) is 35.4 Å². The molecule has 1 aliphatic heterocycles. The predicted molar refractivity (Wildman–Crippen MR) is 84.1 cm³/mol. The summed E-state index contributed by atoms with van der Waals surface area (Å²) in [4.78, 5) is 14.3. The average molecular weight is 290 g/mol. The zero-order valence-electron chi connectivity index (χ0n) is 13.4. The van der Waals surface area contributed by atoms with Crippen LogP contribution in [0.15, 0.2) is 24.3 Å². The van der Waals surface area contributed by atoms with E-state index >= 15 is 0 Å². The van der Waals surface area contributed by atoms with E-state index in [0.717, 1.165) is 12.0 Å². The van der Waals surface area contributed by atoms with Crippen LogP contribution in [0.2, 0.25) is 0 Å². The second-order valence-electron chi connectivity index (χ2n) is 5.88. The minimum absolute atomic E-state index is 0.0428. The van der Waals surface area contributed by atoms with Gasteiger partial charge in [0, 0.05) is 13.7 Å². The number of hydrogen-bond acceptors (Lipinski definition) is 3. The van der Waals surface area contributed by atoms with Crippen LogP contribution in [-0.2, 0) is 9.53 Å². The molecule has 2 atom stereocenters. The maximum Gasteiger partial charge on any atom is 0.241 e. The number of benzene rings is 1. The number of carbonyl (C=O) groups excluding carboxylic acids is 1. The molecule has 1 heterocycles. The number of nitrogens with zero attached hydrogens (tertiary/aromatic N) is 1. The Labute approximate surface area is 127 Å². The highest BCUT2D eigenvalue weighted by molar-refractivity contribution is 5.84. The van der Waals surface area contributed by atoms with Gasteiger partial charge in [-0.15, -0.1) is 0 Å². The second kappa shape index (κ2) is 7.05. The van der Waals surface area contributed by atoms with Crippen molar-refractivity contribution in [3.8, 4) is 0 Å². The SMILES string of the molecule is CCC1NC(c2ccc(C(C)C)cc2)N(CCOC)C1=O. The topological polar surface area (TPSA) is 41.6 Å². The third-order valence-electron chi connectivity index (χ3n) is 4.12. The van der Waals surface area contributed by atoms with Gasteiger partial charge in [-0.25, -0.2) is 0 Å². The molecular weight excluding hydrogens is 264 g/mol. The van der Waals surface area contributed by atoms with Crippen LogP contribution in [0.25, 0.3) is 0 Å². The van der Waals surface area contributed by atoms with Crippen LogP contribution in [0.1, 0.15) is 50.4 Å². The molecule has 2 unspecified atom stereocenters. The first-order valence-corrected chi connectivity index (χ1v) is 7.73. The highest BCUT2D eigenvalue weighted by Gasteiger charge is 2.38. The van der Waals surface area contributed by atoms with Crippen molar-refractivity contribution >= 4 is 5.91 Å². The minimum Gasteiger partial charge on any atom is -0.383 e. The molecule has 21 heavy (non-hydrogen) atoms. The van der Waals surface area contributed by atoms with Gasteiger partial charge in [0.2, 0.25) is 5.91 Å². The number of methoxy groups -OCH3 is 1. The van der Waals surface area contributed by atoms with E-state index in [2.05, 4.69) is 43.4 Å². The van der Waals surface area contributed by atoms with Crippen LogP contribution in [0.4, 0.5) is 0 Å². The largest absolute Gasteiger partial charge is 0.383 e. The summed E-state index contributed by atoms with van der Waals surface area (Å²) in [6, 6.07) is 8.47. The van der Waals surface area contributed by atoms with Crippen molar-refractivity contribution in [2.45, 2.75) is 45.3 Å². The van der Waals surface area contributed by atoms with Crippen LogP contribution in [0, 0.1) is 0 Å². The van der Waals surface area contributed by atoms with Crippen LogP contribution in [0.5, 0.6) is 0 Å². The van der Waals surface area contributed by atoms with Crippen molar-refractivity contribution < 1.29 is 9.53 Å². The van der Waals surface area contributed by atoms with Gasteiger partial charge in [-0.1, -0.05) is 45.0 Å². The molecular formula is C17H26N2O2. The number of ether oxygens (including phenoxy) is 1. The van der Waals surface area contributed by atoms with E-state index in [1.54, 1.807) is 7.11 Å². The molecule has 2 rings (SSSR count). The molecule has 0 saturated carbocycles. The molecule has 0 spiro atoms. The molecule has 1 aliphatic rings. The maximum atomic E-state index is 12.4. The Morgan fingerprint density at radius 2 is 1.95 bits per heavy atom. The van der Waals surface area contributed by atoms with Crippen molar-refractivity contribution in [2.24, 2.45) is 0 Å². The van der Waals surface area contributed by atoms with Gasteiger partial charge in [-0.2, -0.15) is 0 Å². The van der Waals surface area contributed by atoms with Gasteiger partial charge in [0.15, 0.2) is 0 Å². The lowest BCUT2D eigenvalue weighted by Gasteiger charge is -2.24. The van der Waals surface area contributed by atoms with Gasteiger partial charge in [-0.05, 0) is 23.5 Å². The molecule has 1 saturated heterocycles. The van der Waals surface area contributed by atoms with Crippen molar-refractivity contribution in [2.75, 3.05) is 20.3 Å². The predicted octanol–water partition coefficient (Wildman–Crippen LogP) is 2.67. The molecule has 116 valence electrons. The lowest BCUT2D eigenvalue weighted by atomic mass is 10.0. The number of carbonyl (C=O) groups is 1. The Hall–Kier alpha value is -1.39. The smallest absolute Gasteiger partial charge is 0.241 e. The Bertz CT molecular complexity index is 470. The van der Waals surface area contributed by atoms with E-state index in [1.807, 2.05) is 11.8 Å². The standard InChI is InChI=1S/C17H26N2O2/c1-5-15-17(20)19(10-11-21-4)16(18-15)14-8-6-13(7-9-14)12(2)3/h6-9,12,15-16,18H,5,10-11H2,1-4H3. The van der Waals surface area contributed by atoms with E-state index in [-0.39, 0.29) is 18.1 Å². The summed E-state index contributed by atoms with van der Waals surface area (Å²) in [5, 5.41) is 3.44. The first-order valence-electron chi connectivity index (χ1n) is 7.73. The van der Waals surface area contributed by atoms with Crippen LogP contribution < -0.4 is 5.32 Å². The third kappa shape index (κ3) is 3.44. The van der Waals surface area contributed by atoms with Gasteiger partial charge < -0.3 is 9.64 Å². The zero-order valence-corrected chi connectivity index (χ0v) is 13.4. The quantitative estimate of drug-likeness (QED) is 0.876. The maximum absolute atomic E-state index is 12.4. The van der Waals surface area contributed by atoms with E-state index < -0.39 is 0 Å².